The summed E-state index contributed by atoms with van der Waals surface area (Å²) in [6.07, 6.45) is 3.99. The number of fused-ring (bicyclic) bond motifs is 1. The fourth-order valence-corrected chi connectivity index (χ4v) is 6.26. The van der Waals surface area contributed by atoms with Crippen LogP contribution in [0.4, 0.5) is 4.79 Å². The van der Waals surface area contributed by atoms with Gasteiger partial charge in [0.15, 0.2) is 0 Å². The maximum absolute atomic E-state index is 14.1. The first-order valence-corrected chi connectivity index (χ1v) is 13.6. The van der Waals surface area contributed by atoms with Crippen molar-refractivity contribution in [1.29, 1.82) is 0 Å². The van der Waals surface area contributed by atoms with Crippen LogP contribution < -0.4 is 16.4 Å². The second-order valence-corrected chi connectivity index (χ2v) is 12.9. The minimum atomic E-state index is -1.15. The molecule has 1 unspecified atom stereocenters. The third-order valence-corrected chi connectivity index (χ3v) is 8.25. The van der Waals surface area contributed by atoms with E-state index < -0.39 is 47.4 Å². The van der Waals surface area contributed by atoms with Crippen LogP contribution in [-0.4, -0.2) is 64.8 Å². The number of ketones is 1. The third kappa shape index (κ3) is 6.56. The van der Waals surface area contributed by atoms with E-state index in [-0.39, 0.29) is 35.5 Å². The van der Waals surface area contributed by atoms with Gasteiger partial charge < -0.3 is 26.0 Å². The highest BCUT2D eigenvalue weighted by Gasteiger charge is 2.69. The van der Waals surface area contributed by atoms with Crippen LogP contribution in [0.2, 0.25) is 0 Å². The van der Waals surface area contributed by atoms with Crippen molar-refractivity contribution >= 4 is 29.6 Å². The molecule has 2 aliphatic carbocycles. The Hall–Kier alpha value is -2.91. The second-order valence-electron chi connectivity index (χ2n) is 12.9. The van der Waals surface area contributed by atoms with Crippen molar-refractivity contribution in [3.05, 3.63) is 12.2 Å². The highest BCUT2D eigenvalue weighted by molar-refractivity contribution is 6.38. The van der Waals surface area contributed by atoms with Gasteiger partial charge in [-0.2, -0.15) is 0 Å². The largest absolute Gasteiger partial charge is 0.444 e. The minimum absolute atomic E-state index is 0.0648. The van der Waals surface area contributed by atoms with Crippen LogP contribution >= 0.6 is 0 Å². The van der Waals surface area contributed by atoms with Gasteiger partial charge in [0.2, 0.25) is 17.6 Å². The minimum Gasteiger partial charge on any atom is -0.444 e. The number of rotatable bonds is 9. The van der Waals surface area contributed by atoms with Gasteiger partial charge in [0, 0.05) is 6.54 Å². The molecule has 1 aliphatic heterocycles. The standard InChI is InChI=1S/C28H44N4O6/c1-15(2)13-18(22(33)23(29)34)30-24(35)21-19-17(28(19,6)7)14-32(21)25(36)20(16-11-9-8-10-12-16)31-26(37)38-27(3,4)5/h16-21H,1,8-14H2,2-7H3,(H2,29,34)(H,30,35)(H,31,37)/t17-,18?,19-,20-,21-/m0/s1. The van der Waals surface area contributed by atoms with E-state index in [1.54, 1.807) is 32.6 Å². The number of ether oxygens (including phenoxy) is 1. The highest BCUT2D eigenvalue weighted by atomic mass is 16.6. The Morgan fingerprint density at radius 1 is 1.08 bits per heavy atom. The van der Waals surface area contributed by atoms with Gasteiger partial charge in [-0.3, -0.25) is 19.2 Å². The Labute approximate surface area is 225 Å². The van der Waals surface area contributed by atoms with E-state index in [0.717, 1.165) is 32.1 Å². The van der Waals surface area contributed by atoms with Crippen LogP contribution in [-0.2, 0) is 23.9 Å². The number of hydrogen-bond donors (Lipinski definition) is 3. The number of hydrogen-bond acceptors (Lipinski definition) is 6. The van der Waals surface area contributed by atoms with Crippen molar-refractivity contribution < 1.29 is 28.7 Å². The van der Waals surface area contributed by atoms with Gasteiger partial charge in [0.05, 0.1) is 0 Å². The lowest BCUT2D eigenvalue weighted by Gasteiger charge is -2.37. The number of nitrogens with one attached hydrogen (secondary N) is 2. The molecular weight excluding hydrogens is 488 g/mol. The predicted octanol–water partition coefficient (Wildman–Crippen LogP) is 2.45. The third-order valence-electron chi connectivity index (χ3n) is 8.25. The molecule has 3 fully saturated rings. The zero-order valence-corrected chi connectivity index (χ0v) is 23.6. The lowest BCUT2D eigenvalue weighted by molar-refractivity contribution is -0.144. The molecule has 0 aromatic heterocycles. The first-order valence-electron chi connectivity index (χ1n) is 13.6. The van der Waals surface area contributed by atoms with Crippen LogP contribution in [0, 0.1) is 23.2 Å². The molecule has 0 radical (unpaired) electrons. The molecule has 38 heavy (non-hydrogen) atoms. The van der Waals surface area contributed by atoms with Crippen molar-refractivity contribution in [2.75, 3.05) is 6.54 Å². The Morgan fingerprint density at radius 2 is 1.68 bits per heavy atom. The molecule has 0 spiro atoms. The molecule has 0 aromatic rings. The Morgan fingerprint density at radius 3 is 2.21 bits per heavy atom. The number of amides is 4. The summed E-state index contributed by atoms with van der Waals surface area (Å²) in [5.41, 5.74) is 4.94. The van der Waals surface area contributed by atoms with Crippen molar-refractivity contribution in [2.45, 2.75) is 104 Å². The van der Waals surface area contributed by atoms with Gasteiger partial charge in [0.1, 0.15) is 23.7 Å². The summed E-state index contributed by atoms with van der Waals surface area (Å²) in [6, 6.07) is -2.80. The zero-order valence-electron chi connectivity index (χ0n) is 23.6. The first kappa shape index (κ1) is 29.6. The smallest absolute Gasteiger partial charge is 0.408 e. The lowest BCUT2D eigenvalue weighted by atomic mass is 9.83. The van der Waals surface area contributed by atoms with Gasteiger partial charge in [-0.25, -0.2) is 4.79 Å². The Bertz CT molecular complexity index is 994. The SMILES string of the molecule is C=C(C)CC(NC(=O)[C@@H]1[C@@H]2[C@H](CN1C(=O)[C@@H](NC(=O)OC(C)(C)C)C1CCCCC1)C2(C)C)C(=O)C(N)=O. The molecule has 0 aromatic carbocycles. The molecule has 4 amide bonds. The maximum atomic E-state index is 14.1. The van der Waals surface area contributed by atoms with Crippen LogP contribution in [0.15, 0.2) is 12.2 Å². The van der Waals surface area contributed by atoms with E-state index in [1.807, 2.05) is 0 Å². The summed E-state index contributed by atoms with van der Waals surface area (Å²) in [5, 5.41) is 5.50. The van der Waals surface area contributed by atoms with E-state index in [4.69, 9.17) is 10.5 Å². The molecule has 3 rings (SSSR count). The van der Waals surface area contributed by atoms with E-state index >= 15 is 0 Å². The number of carbonyl (C=O) groups is 5. The van der Waals surface area contributed by atoms with Gasteiger partial charge in [-0.1, -0.05) is 38.7 Å². The number of carbonyl (C=O) groups excluding carboxylic acids is 5. The molecule has 1 saturated heterocycles. The van der Waals surface area contributed by atoms with E-state index in [9.17, 15) is 24.0 Å². The number of nitrogens with zero attached hydrogens (tertiary/aromatic N) is 1. The molecule has 4 N–H and O–H groups in total. The van der Waals surface area contributed by atoms with E-state index in [1.165, 1.54) is 0 Å². The topological polar surface area (TPSA) is 148 Å². The van der Waals surface area contributed by atoms with Gasteiger partial charge >= 0.3 is 6.09 Å². The number of nitrogens with two attached hydrogens (primary N) is 1. The predicted molar refractivity (Wildman–Crippen MR) is 142 cm³/mol. The van der Waals surface area contributed by atoms with Crippen LogP contribution in [0.1, 0.15) is 80.1 Å². The van der Waals surface area contributed by atoms with Crippen molar-refractivity contribution in [1.82, 2.24) is 15.5 Å². The molecule has 0 bridgehead atoms. The molecule has 212 valence electrons. The van der Waals surface area contributed by atoms with Crippen molar-refractivity contribution in [3.63, 3.8) is 0 Å². The van der Waals surface area contributed by atoms with Gasteiger partial charge in [-0.15, -0.1) is 6.58 Å². The molecular formula is C28H44N4O6. The summed E-state index contributed by atoms with van der Waals surface area (Å²) in [5.74, 6) is -2.92. The van der Waals surface area contributed by atoms with Crippen molar-refractivity contribution in [2.24, 2.45) is 28.9 Å². The van der Waals surface area contributed by atoms with E-state index in [0.29, 0.717) is 12.1 Å². The molecule has 1 heterocycles. The average Bonchev–Trinajstić information content (AvgIpc) is 3.14. The Balaban J connectivity index is 1.87. The summed E-state index contributed by atoms with van der Waals surface area (Å²) >= 11 is 0. The normalized spacial score (nSPS) is 25.9. The second kappa shape index (κ2) is 11.1. The Kier molecular flexibility index (Phi) is 8.63. The maximum Gasteiger partial charge on any atom is 0.408 e. The number of primary amides is 1. The van der Waals surface area contributed by atoms with Gasteiger partial charge in [0.25, 0.3) is 5.91 Å². The average molecular weight is 533 g/mol. The monoisotopic (exact) mass is 532 g/mol. The lowest BCUT2D eigenvalue weighted by Crippen LogP contribution is -2.59. The fraction of sp³-hybridized carbons (Fsp3) is 0.750. The van der Waals surface area contributed by atoms with E-state index in [2.05, 4.69) is 31.1 Å². The van der Waals surface area contributed by atoms with Crippen LogP contribution in [0.5, 0.6) is 0 Å². The number of Topliss-reactive ketones (excluding diaryl/α,β-unsaturated/α-hetero) is 1. The van der Waals surface area contributed by atoms with Crippen LogP contribution in [0.3, 0.4) is 0 Å². The summed E-state index contributed by atoms with van der Waals surface area (Å²) in [4.78, 5) is 66.1. The highest BCUT2D eigenvalue weighted by Crippen LogP contribution is 2.65. The molecule has 2 saturated carbocycles. The molecule has 10 nitrogen and oxygen atoms in total. The first-order chi connectivity index (χ1) is 17.5. The van der Waals surface area contributed by atoms with Gasteiger partial charge in [-0.05, 0) is 70.1 Å². The molecule has 10 heteroatoms. The number of alkyl carbamates (subject to hydrolysis) is 1. The van der Waals surface area contributed by atoms with Crippen LogP contribution in [0.25, 0.3) is 0 Å². The summed E-state index contributed by atoms with van der Waals surface area (Å²) < 4.78 is 5.46. The number of likely N-dealkylation sites (tertiary alicyclic amines) is 1. The zero-order chi connectivity index (χ0) is 28.6. The number of piperidine rings is 1. The van der Waals surface area contributed by atoms with Crippen molar-refractivity contribution in [3.8, 4) is 0 Å². The fourth-order valence-electron chi connectivity index (χ4n) is 6.26. The molecule has 5 atom stereocenters. The quantitative estimate of drug-likeness (QED) is 0.307. The molecule has 3 aliphatic rings. The summed E-state index contributed by atoms with van der Waals surface area (Å²) in [7, 11) is 0. The summed E-state index contributed by atoms with van der Waals surface area (Å²) in [6.45, 7) is 15.2.